The maximum Gasteiger partial charge on any atom is 0.407 e. The molecule has 19 heteroatoms. The molecule has 17 nitrogen and oxygen atoms in total. The van der Waals surface area contributed by atoms with E-state index in [1.54, 1.807) is 52.0 Å². The van der Waals surface area contributed by atoms with Gasteiger partial charge in [-0.1, -0.05) is 24.3 Å². The van der Waals surface area contributed by atoms with Gasteiger partial charge < -0.3 is 36.0 Å². The highest BCUT2D eigenvalue weighted by molar-refractivity contribution is 5.98. The molecule has 1 saturated carbocycles. The molecule has 2 fully saturated rings. The number of benzene rings is 2. The SMILES string of the molecule is Cc1cc(C(=O)NC2CN(C(=O)O)CC(F)(F)C2)ncc1-c1ccc(C[C@H](NC(=O)C2CCC(CNC(=O)OC(C)(C)C)CC2)C(=O)Nc2ccc(-c3nn[nH]n3)cc2)cc1. The number of halogens is 2. The molecular weight excluding hydrogens is 795 g/mol. The molecule has 1 aliphatic carbocycles. The summed E-state index contributed by atoms with van der Waals surface area (Å²) in [6, 6.07) is 13.7. The van der Waals surface area contributed by atoms with E-state index in [0.717, 1.165) is 24.0 Å². The van der Waals surface area contributed by atoms with Crippen LogP contribution in [0.2, 0.25) is 0 Å². The average molecular weight is 845 g/mol. The monoisotopic (exact) mass is 844 g/mol. The molecule has 3 heterocycles. The Hall–Kier alpha value is -6.53. The van der Waals surface area contributed by atoms with Crippen molar-refractivity contribution in [3.63, 3.8) is 0 Å². The Morgan fingerprint density at radius 3 is 2.31 bits per heavy atom. The number of anilines is 1. The topological polar surface area (TPSA) is 234 Å². The first-order valence-corrected chi connectivity index (χ1v) is 20.1. The van der Waals surface area contributed by atoms with E-state index in [0.29, 0.717) is 52.5 Å². The van der Waals surface area contributed by atoms with Crippen molar-refractivity contribution in [2.75, 3.05) is 25.0 Å². The van der Waals surface area contributed by atoms with Crippen LogP contribution in [-0.2, 0) is 20.7 Å². The zero-order valence-electron chi connectivity index (χ0n) is 34.3. The summed E-state index contributed by atoms with van der Waals surface area (Å²) < 4.78 is 33.7. The van der Waals surface area contributed by atoms with Crippen LogP contribution < -0.4 is 21.3 Å². The molecule has 1 aliphatic heterocycles. The number of hydrogen-bond acceptors (Lipinski definition) is 10. The molecule has 4 aromatic rings. The van der Waals surface area contributed by atoms with E-state index in [9.17, 15) is 37.9 Å². The lowest BCUT2D eigenvalue weighted by atomic mass is 9.81. The van der Waals surface area contributed by atoms with Gasteiger partial charge in [-0.2, -0.15) is 5.21 Å². The summed E-state index contributed by atoms with van der Waals surface area (Å²) in [5.41, 5.74) is 3.49. The molecule has 1 unspecified atom stereocenters. The second-order valence-corrected chi connectivity index (χ2v) is 16.6. The van der Waals surface area contributed by atoms with Gasteiger partial charge in [-0.25, -0.2) is 18.4 Å². The molecule has 0 bridgehead atoms. The van der Waals surface area contributed by atoms with E-state index in [2.05, 4.69) is 46.9 Å². The molecule has 2 aromatic heterocycles. The summed E-state index contributed by atoms with van der Waals surface area (Å²) in [6.45, 7) is 6.43. The smallest absolute Gasteiger partial charge is 0.407 e. The number of nitrogens with zero attached hydrogens (tertiary/aromatic N) is 5. The lowest BCUT2D eigenvalue weighted by molar-refractivity contribution is -0.130. The molecule has 2 aliphatic rings. The lowest BCUT2D eigenvalue weighted by Gasteiger charge is -2.36. The summed E-state index contributed by atoms with van der Waals surface area (Å²) in [4.78, 5) is 68.9. The summed E-state index contributed by atoms with van der Waals surface area (Å²) in [7, 11) is 0. The maximum absolute atomic E-state index is 14.2. The van der Waals surface area contributed by atoms with Gasteiger partial charge in [0, 0.05) is 54.9 Å². The number of aromatic nitrogens is 5. The number of tetrazole rings is 1. The Labute approximate surface area is 350 Å². The van der Waals surface area contributed by atoms with Crippen LogP contribution in [0.15, 0.2) is 60.8 Å². The van der Waals surface area contributed by atoms with Gasteiger partial charge in [0.2, 0.25) is 17.6 Å². The third kappa shape index (κ3) is 12.3. The molecular formula is C42H50F2N10O7. The van der Waals surface area contributed by atoms with E-state index in [-0.39, 0.29) is 36.4 Å². The van der Waals surface area contributed by atoms with Crippen LogP contribution in [0.5, 0.6) is 0 Å². The fourth-order valence-electron chi connectivity index (χ4n) is 7.53. The van der Waals surface area contributed by atoms with E-state index in [1.165, 1.54) is 12.3 Å². The van der Waals surface area contributed by atoms with Crippen molar-refractivity contribution in [2.45, 2.75) is 89.8 Å². The number of alkyl halides is 2. The number of rotatable bonds is 12. The lowest BCUT2D eigenvalue weighted by Crippen LogP contribution is -2.56. The normalized spacial score (nSPS) is 19.2. The van der Waals surface area contributed by atoms with Crippen LogP contribution >= 0.6 is 0 Å². The predicted octanol–water partition coefficient (Wildman–Crippen LogP) is 5.35. The van der Waals surface area contributed by atoms with Crippen molar-refractivity contribution in [3.8, 4) is 22.5 Å². The van der Waals surface area contributed by atoms with E-state index in [4.69, 9.17) is 4.74 Å². The standard InChI is InChI=1S/C42H50F2N10O7/c1-24-17-33(37(56)48-31-19-42(43,44)23-54(22-31)40(59)60)45-21-32(24)27-9-5-25(6-10-27)18-34(38(57)47-30-15-13-28(14-16-30)35-50-52-53-51-35)49-36(55)29-11-7-26(8-12-29)20-46-39(58)61-41(2,3)4/h5-6,9-10,13-17,21,26,29,31,34H,7-8,11-12,18-20,22-23H2,1-4H3,(H,46,58)(H,47,57)(H,48,56)(H,49,55)(H,59,60)(H,50,51,52,53)/t26?,29?,31?,34-/m0/s1. The first-order chi connectivity index (χ1) is 28.9. The molecule has 5 amide bonds. The van der Waals surface area contributed by atoms with Crippen molar-refractivity contribution in [3.05, 3.63) is 77.6 Å². The average Bonchev–Trinajstić information content (AvgIpc) is 3.75. The quantitative estimate of drug-likeness (QED) is 0.106. The van der Waals surface area contributed by atoms with Crippen molar-refractivity contribution in [2.24, 2.45) is 11.8 Å². The number of piperidine rings is 1. The number of carbonyl (C=O) groups is 5. The Balaban J connectivity index is 1.10. The number of nitrogens with one attached hydrogen (secondary N) is 5. The molecule has 2 atom stereocenters. The van der Waals surface area contributed by atoms with Crippen LogP contribution in [0, 0.1) is 18.8 Å². The second kappa shape index (κ2) is 18.8. The number of carbonyl (C=O) groups excluding carboxylic acids is 4. The number of carboxylic acid groups (broad SMARTS) is 1. The summed E-state index contributed by atoms with van der Waals surface area (Å²) in [5.74, 6) is -4.34. The number of alkyl carbamates (subject to hydrolysis) is 1. The van der Waals surface area contributed by atoms with Crippen LogP contribution in [-0.4, -0.2) is 109 Å². The predicted molar refractivity (Wildman–Crippen MR) is 218 cm³/mol. The Morgan fingerprint density at radius 2 is 1.69 bits per heavy atom. The van der Waals surface area contributed by atoms with Gasteiger partial charge in [-0.3, -0.25) is 19.4 Å². The minimum Gasteiger partial charge on any atom is -0.465 e. The van der Waals surface area contributed by atoms with E-state index < -0.39 is 60.6 Å². The first-order valence-electron chi connectivity index (χ1n) is 20.1. The number of likely N-dealkylation sites (tertiary alicyclic amines) is 1. The Bertz CT molecular complexity index is 2190. The van der Waals surface area contributed by atoms with Crippen LogP contribution in [0.3, 0.4) is 0 Å². The fraction of sp³-hybridized carbons (Fsp3) is 0.452. The number of aromatic amines is 1. The maximum atomic E-state index is 14.2. The summed E-state index contributed by atoms with van der Waals surface area (Å²) in [5, 5.41) is 34.4. The third-order valence-corrected chi connectivity index (χ3v) is 10.6. The van der Waals surface area contributed by atoms with Crippen LogP contribution in [0.4, 0.5) is 24.1 Å². The van der Waals surface area contributed by atoms with E-state index >= 15 is 0 Å². The molecule has 0 spiro atoms. The summed E-state index contributed by atoms with van der Waals surface area (Å²) in [6.07, 6.45) is 1.66. The van der Waals surface area contributed by atoms with Gasteiger partial charge in [0.25, 0.3) is 11.8 Å². The summed E-state index contributed by atoms with van der Waals surface area (Å²) >= 11 is 0. The minimum atomic E-state index is -3.28. The van der Waals surface area contributed by atoms with E-state index in [1.807, 2.05) is 24.3 Å². The fourth-order valence-corrected chi connectivity index (χ4v) is 7.53. The molecule has 6 N–H and O–H groups in total. The molecule has 324 valence electrons. The number of amides is 5. The Morgan fingerprint density at radius 1 is 1.00 bits per heavy atom. The molecule has 0 radical (unpaired) electrons. The highest BCUT2D eigenvalue weighted by Crippen LogP contribution is 2.30. The van der Waals surface area contributed by atoms with Crippen molar-refractivity contribution in [1.82, 2.24) is 46.5 Å². The Kier molecular flexibility index (Phi) is 13.6. The minimum absolute atomic E-state index is 0.00589. The number of hydrogen-bond donors (Lipinski definition) is 6. The highest BCUT2D eigenvalue weighted by Gasteiger charge is 2.43. The van der Waals surface area contributed by atoms with Gasteiger partial charge in [0.15, 0.2) is 0 Å². The number of pyridine rings is 1. The molecule has 1 saturated heterocycles. The molecule has 2 aromatic carbocycles. The first kappa shape index (κ1) is 44.0. The van der Waals surface area contributed by atoms with Gasteiger partial charge in [0.1, 0.15) is 17.3 Å². The zero-order chi connectivity index (χ0) is 43.9. The second-order valence-electron chi connectivity index (χ2n) is 16.6. The van der Waals surface area contributed by atoms with Crippen molar-refractivity contribution < 1.29 is 42.6 Å². The molecule has 61 heavy (non-hydrogen) atoms. The highest BCUT2D eigenvalue weighted by atomic mass is 19.3. The zero-order valence-corrected chi connectivity index (χ0v) is 34.3. The van der Waals surface area contributed by atoms with Gasteiger partial charge in [-0.05, 0) is 112 Å². The van der Waals surface area contributed by atoms with Crippen molar-refractivity contribution >= 4 is 35.6 Å². The largest absolute Gasteiger partial charge is 0.465 e. The van der Waals surface area contributed by atoms with Crippen LogP contribution in [0.1, 0.15) is 74.5 Å². The molecule has 6 rings (SSSR count). The number of H-pyrrole nitrogens is 1. The van der Waals surface area contributed by atoms with Gasteiger partial charge in [0.05, 0.1) is 12.6 Å². The third-order valence-electron chi connectivity index (χ3n) is 10.6. The van der Waals surface area contributed by atoms with Gasteiger partial charge in [-0.15, -0.1) is 10.2 Å². The number of aryl methyl sites for hydroxylation is 1. The van der Waals surface area contributed by atoms with Gasteiger partial charge >= 0.3 is 12.2 Å². The van der Waals surface area contributed by atoms with Crippen LogP contribution in [0.25, 0.3) is 22.5 Å². The number of ether oxygens (including phenoxy) is 1. The van der Waals surface area contributed by atoms with Crippen molar-refractivity contribution in [1.29, 1.82) is 0 Å².